The molecule has 1 aliphatic rings. The largest absolute Gasteiger partial charge is 0.481 e. The molecule has 1 saturated carbocycles. The van der Waals surface area contributed by atoms with Gasteiger partial charge in [-0.05, 0) is 38.3 Å². The lowest BCUT2D eigenvalue weighted by atomic mass is 9.93. The van der Waals surface area contributed by atoms with Crippen LogP contribution in [0.5, 0.6) is 0 Å². The fraction of sp³-hybridized carbons (Fsp3) is 0.571. The maximum atomic E-state index is 12.4. The molecule has 0 unspecified atom stereocenters. The Morgan fingerprint density at radius 1 is 1.47 bits per heavy atom. The lowest BCUT2D eigenvalue weighted by Gasteiger charge is -2.30. The summed E-state index contributed by atoms with van der Waals surface area (Å²) in [5, 5.41) is 8.72. The fourth-order valence-corrected chi connectivity index (χ4v) is 2.35. The normalized spacial score (nSPS) is 15.0. The number of amides is 1. The summed E-state index contributed by atoms with van der Waals surface area (Å²) in [6.07, 6.45) is 5.39. The van der Waals surface area contributed by atoms with E-state index in [2.05, 4.69) is 0 Å². The van der Waals surface area contributed by atoms with Crippen molar-refractivity contribution in [2.75, 3.05) is 13.1 Å². The summed E-state index contributed by atoms with van der Waals surface area (Å²) >= 11 is 0. The second kappa shape index (κ2) is 5.91. The molecule has 5 heteroatoms. The number of carbonyl (C=O) groups excluding carboxylic acids is 1. The number of carboxylic acid groups (broad SMARTS) is 1. The van der Waals surface area contributed by atoms with E-state index < -0.39 is 5.97 Å². The third kappa shape index (κ3) is 2.97. The van der Waals surface area contributed by atoms with Crippen LogP contribution in [0, 0.1) is 0 Å². The Labute approximate surface area is 112 Å². The van der Waals surface area contributed by atoms with Gasteiger partial charge in [-0.1, -0.05) is 0 Å². The van der Waals surface area contributed by atoms with Gasteiger partial charge in [0, 0.05) is 25.3 Å². The molecule has 1 aromatic heterocycles. The Bertz CT molecular complexity index is 463. The highest BCUT2D eigenvalue weighted by molar-refractivity contribution is 5.93. The number of carbonyl (C=O) groups is 2. The van der Waals surface area contributed by atoms with Crippen molar-refractivity contribution in [3.63, 3.8) is 0 Å². The van der Waals surface area contributed by atoms with Gasteiger partial charge in [-0.25, -0.2) is 0 Å². The maximum Gasteiger partial charge on any atom is 0.305 e. The first kappa shape index (κ1) is 13.6. The fourth-order valence-electron chi connectivity index (χ4n) is 2.35. The van der Waals surface area contributed by atoms with Crippen LogP contribution in [0.2, 0.25) is 0 Å². The van der Waals surface area contributed by atoms with E-state index in [9.17, 15) is 9.59 Å². The monoisotopic (exact) mass is 264 g/mol. The van der Waals surface area contributed by atoms with Crippen LogP contribution in [-0.2, 0) is 4.79 Å². The van der Waals surface area contributed by atoms with E-state index in [-0.39, 0.29) is 18.9 Å². The number of hydrogen-bond acceptors (Lipinski definition) is 2. The molecule has 0 aliphatic heterocycles. The van der Waals surface area contributed by atoms with E-state index in [4.69, 9.17) is 5.11 Å². The van der Waals surface area contributed by atoms with Crippen LogP contribution >= 0.6 is 0 Å². The molecule has 1 aromatic rings. The van der Waals surface area contributed by atoms with E-state index in [1.165, 1.54) is 6.42 Å². The summed E-state index contributed by atoms with van der Waals surface area (Å²) in [4.78, 5) is 24.6. The number of aromatic nitrogens is 1. The summed E-state index contributed by atoms with van der Waals surface area (Å²) in [5.41, 5.74) is 0.678. The first-order valence-corrected chi connectivity index (χ1v) is 6.81. The van der Waals surface area contributed by atoms with Crippen LogP contribution < -0.4 is 0 Å². The standard InChI is InChI=1S/C14H20N2O3/c1-2-15(10-8-13(17)18)14(19)12-7-4-9-16(12)11-5-3-6-11/h4,7,9,11H,2-3,5-6,8,10H2,1H3,(H,17,18). The zero-order valence-corrected chi connectivity index (χ0v) is 11.2. The maximum absolute atomic E-state index is 12.4. The van der Waals surface area contributed by atoms with E-state index in [1.54, 1.807) is 4.90 Å². The molecule has 1 fully saturated rings. The topological polar surface area (TPSA) is 62.5 Å². The van der Waals surface area contributed by atoms with Crippen molar-refractivity contribution in [2.45, 2.75) is 38.6 Å². The minimum absolute atomic E-state index is 0.0102. The average molecular weight is 264 g/mol. The zero-order valence-electron chi connectivity index (χ0n) is 11.2. The molecule has 1 N–H and O–H groups in total. The van der Waals surface area contributed by atoms with Crippen molar-refractivity contribution in [2.24, 2.45) is 0 Å². The number of rotatable bonds is 6. The van der Waals surface area contributed by atoms with E-state index in [0.717, 1.165) is 12.8 Å². The van der Waals surface area contributed by atoms with Gasteiger partial charge in [0.15, 0.2) is 0 Å². The van der Waals surface area contributed by atoms with E-state index >= 15 is 0 Å². The quantitative estimate of drug-likeness (QED) is 0.856. The van der Waals surface area contributed by atoms with Gasteiger partial charge >= 0.3 is 5.97 Å². The Balaban J connectivity index is 2.08. The molecular weight excluding hydrogens is 244 g/mol. The average Bonchev–Trinajstić information content (AvgIpc) is 2.75. The first-order valence-electron chi connectivity index (χ1n) is 6.81. The predicted octanol–water partition coefficient (Wildman–Crippen LogP) is 2.15. The summed E-state index contributed by atoms with van der Waals surface area (Å²) in [7, 11) is 0. The van der Waals surface area contributed by atoms with E-state index in [0.29, 0.717) is 18.3 Å². The lowest BCUT2D eigenvalue weighted by molar-refractivity contribution is -0.137. The van der Waals surface area contributed by atoms with Gasteiger partial charge in [-0.15, -0.1) is 0 Å². The van der Waals surface area contributed by atoms with Crippen LogP contribution in [0.1, 0.15) is 49.1 Å². The molecule has 0 aromatic carbocycles. The summed E-state index contributed by atoms with van der Waals surface area (Å²) in [6, 6.07) is 4.15. The van der Waals surface area contributed by atoms with Gasteiger partial charge in [0.2, 0.25) is 0 Å². The van der Waals surface area contributed by atoms with Gasteiger partial charge < -0.3 is 14.6 Å². The molecule has 1 aliphatic carbocycles. The molecule has 0 atom stereocenters. The van der Waals surface area contributed by atoms with Crippen molar-refractivity contribution in [3.8, 4) is 0 Å². The minimum atomic E-state index is -0.874. The molecule has 1 amide bonds. The molecule has 2 rings (SSSR count). The van der Waals surface area contributed by atoms with Gasteiger partial charge in [0.05, 0.1) is 6.42 Å². The van der Waals surface area contributed by atoms with Gasteiger partial charge in [0.1, 0.15) is 5.69 Å². The molecule has 1 heterocycles. The second-order valence-corrected chi connectivity index (χ2v) is 4.91. The van der Waals surface area contributed by atoms with Crippen LogP contribution in [0.15, 0.2) is 18.3 Å². The number of hydrogen-bond donors (Lipinski definition) is 1. The summed E-state index contributed by atoms with van der Waals surface area (Å²) < 4.78 is 2.04. The Hall–Kier alpha value is -1.78. The number of nitrogens with zero attached hydrogens (tertiary/aromatic N) is 2. The van der Waals surface area contributed by atoms with Crippen molar-refractivity contribution in [3.05, 3.63) is 24.0 Å². The van der Waals surface area contributed by atoms with E-state index in [1.807, 2.05) is 29.8 Å². The van der Waals surface area contributed by atoms with Crippen molar-refractivity contribution < 1.29 is 14.7 Å². The molecular formula is C14H20N2O3. The van der Waals surface area contributed by atoms with Crippen molar-refractivity contribution in [1.82, 2.24) is 9.47 Å². The number of carboxylic acids is 1. The lowest BCUT2D eigenvalue weighted by Crippen LogP contribution is -2.35. The molecule has 104 valence electrons. The minimum Gasteiger partial charge on any atom is -0.481 e. The molecule has 0 radical (unpaired) electrons. The summed E-state index contributed by atoms with van der Waals surface area (Å²) in [6.45, 7) is 2.67. The number of aliphatic carboxylic acids is 1. The van der Waals surface area contributed by atoms with Crippen LogP contribution in [0.3, 0.4) is 0 Å². The first-order chi connectivity index (χ1) is 9.13. The van der Waals surface area contributed by atoms with Gasteiger partial charge in [0.25, 0.3) is 5.91 Å². The SMILES string of the molecule is CCN(CCC(=O)O)C(=O)c1cccn1C1CCC1. The third-order valence-electron chi connectivity index (χ3n) is 3.73. The van der Waals surface area contributed by atoms with Crippen LogP contribution in [0.25, 0.3) is 0 Å². The molecule has 0 saturated heterocycles. The molecule has 5 nitrogen and oxygen atoms in total. The Morgan fingerprint density at radius 2 is 2.21 bits per heavy atom. The highest BCUT2D eigenvalue weighted by Crippen LogP contribution is 2.32. The van der Waals surface area contributed by atoms with Crippen LogP contribution in [-0.4, -0.2) is 39.5 Å². The van der Waals surface area contributed by atoms with Gasteiger partial charge in [-0.2, -0.15) is 0 Å². The third-order valence-corrected chi connectivity index (χ3v) is 3.73. The molecule has 19 heavy (non-hydrogen) atoms. The zero-order chi connectivity index (χ0) is 13.8. The van der Waals surface area contributed by atoms with Crippen molar-refractivity contribution >= 4 is 11.9 Å². The summed E-state index contributed by atoms with van der Waals surface area (Å²) in [5.74, 6) is -0.943. The second-order valence-electron chi connectivity index (χ2n) is 4.91. The van der Waals surface area contributed by atoms with Crippen molar-refractivity contribution in [1.29, 1.82) is 0 Å². The smallest absolute Gasteiger partial charge is 0.305 e. The molecule has 0 bridgehead atoms. The van der Waals surface area contributed by atoms with Crippen LogP contribution in [0.4, 0.5) is 0 Å². The highest BCUT2D eigenvalue weighted by atomic mass is 16.4. The predicted molar refractivity (Wildman–Crippen MR) is 71.2 cm³/mol. The highest BCUT2D eigenvalue weighted by Gasteiger charge is 2.25. The van der Waals surface area contributed by atoms with Gasteiger partial charge in [-0.3, -0.25) is 9.59 Å². The molecule has 0 spiro atoms. The Morgan fingerprint density at radius 3 is 2.74 bits per heavy atom. The Kier molecular flexibility index (Phi) is 4.24.